The Kier molecular flexibility index (Phi) is 4.68. The van der Waals surface area contributed by atoms with Gasteiger partial charge in [0.05, 0.1) is 18.4 Å². The summed E-state index contributed by atoms with van der Waals surface area (Å²) in [6.07, 6.45) is 3.76. The zero-order valence-electron chi connectivity index (χ0n) is 13.1. The first-order valence-corrected chi connectivity index (χ1v) is 7.63. The smallest absolute Gasteiger partial charge is 0.253 e. The van der Waals surface area contributed by atoms with Gasteiger partial charge in [0.1, 0.15) is 12.3 Å². The summed E-state index contributed by atoms with van der Waals surface area (Å²) < 4.78 is 7.28. The highest BCUT2D eigenvalue weighted by molar-refractivity contribution is 5.94. The Morgan fingerprint density at radius 1 is 1.17 bits per heavy atom. The van der Waals surface area contributed by atoms with Crippen LogP contribution in [0.3, 0.4) is 0 Å². The standard InChI is InChI=1S/C18H19N3O2/c1-2-23-14-18(22)21(15-8-4-3-5-9-15)13-16-12-19-17-10-6-7-11-20(16)17/h3-12H,2,13-14H2,1H3. The van der Waals surface area contributed by atoms with E-state index >= 15 is 0 Å². The predicted octanol–water partition coefficient (Wildman–Crippen LogP) is 2.90. The maximum absolute atomic E-state index is 12.5. The number of imidazole rings is 1. The van der Waals surface area contributed by atoms with E-state index in [1.165, 1.54) is 0 Å². The number of rotatable bonds is 6. The number of fused-ring (bicyclic) bond motifs is 1. The third kappa shape index (κ3) is 3.40. The first-order chi connectivity index (χ1) is 11.3. The van der Waals surface area contributed by atoms with Gasteiger partial charge in [-0.05, 0) is 31.2 Å². The molecule has 0 saturated carbocycles. The normalized spacial score (nSPS) is 10.8. The number of hydrogen-bond donors (Lipinski definition) is 0. The van der Waals surface area contributed by atoms with E-state index in [4.69, 9.17) is 4.74 Å². The maximum atomic E-state index is 12.5. The number of pyridine rings is 1. The summed E-state index contributed by atoms with van der Waals surface area (Å²) in [6.45, 7) is 2.91. The maximum Gasteiger partial charge on any atom is 0.253 e. The van der Waals surface area contributed by atoms with E-state index in [1.807, 2.05) is 66.1 Å². The second kappa shape index (κ2) is 7.07. The topological polar surface area (TPSA) is 46.8 Å². The van der Waals surface area contributed by atoms with Gasteiger partial charge in [0.2, 0.25) is 0 Å². The van der Waals surface area contributed by atoms with Crippen LogP contribution in [0.25, 0.3) is 5.65 Å². The number of hydrogen-bond acceptors (Lipinski definition) is 3. The SMILES string of the molecule is CCOCC(=O)N(Cc1cnc2ccccn12)c1ccccc1. The van der Waals surface area contributed by atoms with Gasteiger partial charge >= 0.3 is 0 Å². The van der Waals surface area contributed by atoms with E-state index in [0.29, 0.717) is 13.2 Å². The molecule has 0 aliphatic heterocycles. The quantitative estimate of drug-likeness (QED) is 0.703. The Hall–Kier alpha value is -2.66. The number of ether oxygens (including phenoxy) is 1. The zero-order valence-corrected chi connectivity index (χ0v) is 13.1. The lowest BCUT2D eigenvalue weighted by Gasteiger charge is -2.22. The molecule has 0 fully saturated rings. The van der Waals surface area contributed by atoms with Crippen LogP contribution in [0, 0.1) is 0 Å². The molecule has 0 saturated heterocycles. The van der Waals surface area contributed by atoms with Crippen molar-refractivity contribution in [3.8, 4) is 0 Å². The molecule has 23 heavy (non-hydrogen) atoms. The molecule has 1 amide bonds. The van der Waals surface area contributed by atoms with Crippen molar-refractivity contribution < 1.29 is 9.53 Å². The van der Waals surface area contributed by atoms with Gasteiger partial charge in [-0.2, -0.15) is 0 Å². The molecular formula is C18H19N3O2. The number of amides is 1. The molecule has 0 radical (unpaired) electrons. The second-order valence-electron chi connectivity index (χ2n) is 5.13. The summed E-state index contributed by atoms with van der Waals surface area (Å²) in [5.74, 6) is -0.0658. The average Bonchev–Trinajstić information content (AvgIpc) is 3.01. The van der Waals surface area contributed by atoms with Gasteiger partial charge in [0, 0.05) is 18.5 Å². The summed E-state index contributed by atoms with van der Waals surface area (Å²) in [7, 11) is 0. The first kappa shape index (κ1) is 15.2. The monoisotopic (exact) mass is 309 g/mol. The molecular weight excluding hydrogens is 290 g/mol. The molecule has 0 aliphatic carbocycles. The molecule has 0 aliphatic rings. The fraction of sp³-hybridized carbons (Fsp3) is 0.222. The Morgan fingerprint density at radius 3 is 2.74 bits per heavy atom. The average molecular weight is 309 g/mol. The molecule has 5 heteroatoms. The molecule has 3 rings (SSSR count). The van der Waals surface area contributed by atoms with Crippen molar-refractivity contribution in [2.75, 3.05) is 18.1 Å². The van der Waals surface area contributed by atoms with Crippen molar-refractivity contribution >= 4 is 17.2 Å². The fourth-order valence-corrected chi connectivity index (χ4v) is 2.46. The highest BCUT2D eigenvalue weighted by Gasteiger charge is 2.18. The van der Waals surface area contributed by atoms with Crippen LogP contribution < -0.4 is 4.90 Å². The third-order valence-electron chi connectivity index (χ3n) is 3.61. The number of anilines is 1. The molecule has 3 aromatic rings. The number of nitrogens with zero attached hydrogens (tertiary/aromatic N) is 3. The van der Waals surface area contributed by atoms with E-state index in [0.717, 1.165) is 17.0 Å². The van der Waals surface area contributed by atoms with Gasteiger partial charge in [-0.3, -0.25) is 4.79 Å². The Labute approximate surface area is 135 Å². The molecule has 5 nitrogen and oxygen atoms in total. The van der Waals surface area contributed by atoms with E-state index in [1.54, 1.807) is 11.1 Å². The Morgan fingerprint density at radius 2 is 1.96 bits per heavy atom. The number of aromatic nitrogens is 2. The molecule has 2 aromatic heterocycles. The zero-order chi connectivity index (χ0) is 16.1. The van der Waals surface area contributed by atoms with Gasteiger partial charge in [0.25, 0.3) is 5.91 Å². The van der Waals surface area contributed by atoms with Gasteiger partial charge < -0.3 is 14.0 Å². The second-order valence-corrected chi connectivity index (χ2v) is 5.13. The number of carbonyl (C=O) groups is 1. The van der Waals surface area contributed by atoms with Crippen molar-refractivity contribution in [1.82, 2.24) is 9.38 Å². The summed E-state index contributed by atoms with van der Waals surface area (Å²) >= 11 is 0. The summed E-state index contributed by atoms with van der Waals surface area (Å²) in [4.78, 5) is 18.6. The molecule has 2 heterocycles. The molecule has 0 bridgehead atoms. The van der Waals surface area contributed by atoms with Crippen LogP contribution in [-0.2, 0) is 16.1 Å². The van der Waals surface area contributed by atoms with E-state index in [2.05, 4.69) is 4.98 Å². The lowest BCUT2D eigenvalue weighted by Crippen LogP contribution is -2.34. The van der Waals surface area contributed by atoms with Crippen LogP contribution in [0.4, 0.5) is 5.69 Å². The number of benzene rings is 1. The summed E-state index contributed by atoms with van der Waals surface area (Å²) in [5, 5.41) is 0. The minimum Gasteiger partial charge on any atom is -0.372 e. The number of para-hydroxylation sites is 1. The number of carbonyl (C=O) groups excluding carboxylic acids is 1. The largest absolute Gasteiger partial charge is 0.372 e. The van der Waals surface area contributed by atoms with E-state index in [-0.39, 0.29) is 12.5 Å². The van der Waals surface area contributed by atoms with Crippen LogP contribution in [0.5, 0.6) is 0 Å². The molecule has 0 atom stereocenters. The predicted molar refractivity (Wildman–Crippen MR) is 89.3 cm³/mol. The van der Waals surface area contributed by atoms with Crippen LogP contribution in [0.15, 0.2) is 60.9 Å². The van der Waals surface area contributed by atoms with Crippen molar-refractivity contribution in [2.24, 2.45) is 0 Å². The van der Waals surface area contributed by atoms with Crippen molar-refractivity contribution in [3.63, 3.8) is 0 Å². The van der Waals surface area contributed by atoms with Gasteiger partial charge in [-0.15, -0.1) is 0 Å². The van der Waals surface area contributed by atoms with Crippen LogP contribution in [0.2, 0.25) is 0 Å². The van der Waals surface area contributed by atoms with Crippen LogP contribution in [-0.4, -0.2) is 28.5 Å². The van der Waals surface area contributed by atoms with Crippen molar-refractivity contribution in [1.29, 1.82) is 0 Å². The summed E-state index contributed by atoms with van der Waals surface area (Å²) in [5.41, 5.74) is 2.67. The fourth-order valence-electron chi connectivity index (χ4n) is 2.46. The van der Waals surface area contributed by atoms with Crippen LogP contribution >= 0.6 is 0 Å². The molecule has 0 spiro atoms. The van der Waals surface area contributed by atoms with Crippen molar-refractivity contribution in [3.05, 3.63) is 66.6 Å². The van der Waals surface area contributed by atoms with Crippen LogP contribution in [0.1, 0.15) is 12.6 Å². The Bertz CT molecular complexity index is 783. The highest BCUT2D eigenvalue weighted by Crippen LogP contribution is 2.18. The summed E-state index contributed by atoms with van der Waals surface area (Å²) in [6, 6.07) is 15.5. The van der Waals surface area contributed by atoms with Gasteiger partial charge in [-0.25, -0.2) is 4.98 Å². The van der Waals surface area contributed by atoms with E-state index in [9.17, 15) is 4.79 Å². The lowest BCUT2D eigenvalue weighted by atomic mass is 10.2. The highest BCUT2D eigenvalue weighted by atomic mass is 16.5. The first-order valence-electron chi connectivity index (χ1n) is 7.63. The molecule has 0 N–H and O–H groups in total. The van der Waals surface area contributed by atoms with Gasteiger partial charge in [-0.1, -0.05) is 24.3 Å². The minimum atomic E-state index is -0.0658. The van der Waals surface area contributed by atoms with Gasteiger partial charge in [0.15, 0.2) is 0 Å². The Balaban J connectivity index is 1.90. The van der Waals surface area contributed by atoms with Crippen molar-refractivity contribution in [2.45, 2.75) is 13.5 Å². The third-order valence-corrected chi connectivity index (χ3v) is 3.61. The van der Waals surface area contributed by atoms with E-state index < -0.39 is 0 Å². The molecule has 0 unspecified atom stereocenters. The molecule has 118 valence electrons. The minimum absolute atomic E-state index is 0.0658. The lowest BCUT2D eigenvalue weighted by molar-refractivity contribution is -0.123. The molecule has 1 aromatic carbocycles.